The maximum absolute atomic E-state index is 12.1. The van der Waals surface area contributed by atoms with E-state index in [1.807, 2.05) is 30.3 Å². The third kappa shape index (κ3) is 4.95. The second-order valence-electron chi connectivity index (χ2n) is 5.55. The van der Waals surface area contributed by atoms with Crippen LogP contribution in [0.4, 0.5) is 0 Å². The van der Waals surface area contributed by atoms with E-state index in [2.05, 4.69) is 11.6 Å². The Morgan fingerprint density at radius 2 is 1.90 bits per heavy atom. The molecule has 21 heavy (non-hydrogen) atoms. The monoisotopic (exact) mass is 309 g/mol. The van der Waals surface area contributed by atoms with E-state index in [1.54, 1.807) is 6.08 Å². The number of sulfonamides is 1. The number of rotatable bonds is 6. The molecule has 0 aliphatic carbocycles. The molecule has 1 fully saturated rings. The van der Waals surface area contributed by atoms with Gasteiger partial charge in [-0.1, -0.05) is 37.3 Å². The fourth-order valence-corrected chi connectivity index (χ4v) is 3.43. The lowest BCUT2D eigenvalue weighted by atomic mass is 9.78. The largest absolute Gasteiger partial charge is 0.381 e. The average molecular weight is 309 g/mol. The number of benzene rings is 1. The summed E-state index contributed by atoms with van der Waals surface area (Å²) in [4.78, 5) is 0. The Morgan fingerprint density at radius 1 is 1.24 bits per heavy atom. The lowest BCUT2D eigenvalue weighted by Crippen LogP contribution is -2.40. The molecule has 0 bridgehead atoms. The molecule has 0 unspecified atom stereocenters. The summed E-state index contributed by atoms with van der Waals surface area (Å²) in [7, 11) is -3.40. The van der Waals surface area contributed by atoms with E-state index in [4.69, 9.17) is 4.74 Å². The van der Waals surface area contributed by atoms with E-state index in [0.717, 1.165) is 38.0 Å². The predicted octanol–water partition coefficient (Wildman–Crippen LogP) is 2.78. The van der Waals surface area contributed by atoms with Crippen molar-refractivity contribution in [3.8, 4) is 0 Å². The van der Waals surface area contributed by atoms with Gasteiger partial charge in [0, 0.05) is 25.2 Å². The van der Waals surface area contributed by atoms with Crippen LogP contribution in [-0.2, 0) is 14.8 Å². The quantitative estimate of drug-likeness (QED) is 0.879. The first-order chi connectivity index (χ1) is 10.1. The maximum Gasteiger partial charge on any atom is 0.233 e. The molecular weight excluding hydrogens is 286 g/mol. The van der Waals surface area contributed by atoms with Crippen molar-refractivity contribution in [2.45, 2.75) is 26.2 Å². The summed E-state index contributed by atoms with van der Waals surface area (Å²) in [6, 6.07) is 9.41. The van der Waals surface area contributed by atoms with Crippen molar-refractivity contribution in [1.29, 1.82) is 0 Å². The third-order valence-electron chi connectivity index (χ3n) is 4.19. The second kappa shape index (κ2) is 7.20. The summed E-state index contributed by atoms with van der Waals surface area (Å²) >= 11 is 0. The van der Waals surface area contributed by atoms with Crippen molar-refractivity contribution in [2.24, 2.45) is 5.41 Å². The lowest BCUT2D eigenvalue weighted by Gasteiger charge is -2.36. The molecule has 5 heteroatoms. The lowest BCUT2D eigenvalue weighted by molar-refractivity contribution is 0.0154. The van der Waals surface area contributed by atoms with Crippen molar-refractivity contribution < 1.29 is 13.2 Å². The molecule has 0 aromatic heterocycles. The Bertz CT molecular complexity index is 560. The molecule has 1 aliphatic rings. The zero-order chi connectivity index (χ0) is 15.2. The standard InChI is InChI=1S/C16H23NO3S/c1-2-16(9-11-20-12-10-16)14-17-21(18,19)13-8-15-6-4-3-5-7-15/h3-8,13,17H,2,9-12,14H2,1H3. The van der Waals surface area contributed by atoms with Gasteiger partial charge in [0.2, 0.25) is 10.0 Å². The first-order valence-electron chi connectivity index (χ1n) is 7.36. The molecule has 1 aromatic carbocycles. The van der Waals surface area contributed by atoms with Gasteiger partial charge in [0.25, 0.3) is 0 Å². The van der Waals surface area contributed by atoms with Crippen LogP contribution in [0.1, 0.15) is 31.7 Å². The van der Waals surface area contributed by atoms with E-state index < -0.39 is 10.0 Å². The van der Waals surface area contributed by atoms with Crippen LogP contribution in [0.5, 0.6) is 0 Å². The van der Waals surface area contributed by atoms with Gasteiger partial charge in [0.05, 0.1) is 0 Å². The zero-order valence-electron chi connectivity index (χ0n) is 12.4. The Kier molecular flexibility index (Phi) is 5.56. The molecule has 0 saturated carbocycles. The molecular formula is C16H23NO3S. The van der Waals surface area contributed by atoms with Gasteiger partial charge in [-0.2, -0.15) is 0 Å². The normalized spacial score (nSPS) is 18.9. The van der Waals surface area contributed by atoms with E-state index in [9.17, 15) is 8.42 Å². The van der Waals surface area contributed by atoms with Crippen LogP contribution >= 0.6 is 0 Å². The molecule has 0 amide bonds. The molecule has 0 spiro atoms. The van der Waals surface area contributed by atoms with E-state index in [1.165, 1.54) is 5.41 Å². The Balaban J connectivity index is 1.96. The van der Waals surface area contributed by atoms with Crippen LogP contribution < -0.4 is 4.72 Å². The fraction of sp³-hybridized carbons (Fsp3) is 0.500. The van der Waals surface area contributed by atoms with Gasteiger partial charge in [0.15, 0.2) is 0 Å². The van der Waals surface area contributed by atoms with Gasteiger partial charge in [0.1, 0.15) is 0 Å². The van der Waals surface area contributed by atoms with Gasteiger partial charge >= 0.3 is 0 Å². The minimum Gasteiger partial charge on any atom is -0.381 e. The number of hydrogen-bond acceptors (Lipinski definition) is 3. The van der Waals surface area contributed by atoms with Gasteiger partial charge in [-0.3, -0.25) is 0 Å². The fourth-order valence-electron chi connectivity index (χ4n) is 2.49. The van der Waals surface area contributed by atoms with Crippen molar-refractivity contribution in [3.63, 3.8) is 0 Å². The number of nitrogens with one attached hydrogen (secondary N) is 1. The molecule has 0 radical (unpaired) electrons. The van der Waals surface area contributed by atoms with Gasteiger partial charge in [-0.25, -0.2) is 13.1 Å². The predicted molar refractivity (Wildman–Crippen MR) is 85.2 cm³/mol. The molecule has 2 rings (SSSR count). The molecule has 1 saturated heterocycles. The van der Waals surface area contributed by atoms with Crippen molar-refractivity contribution in [1.82, 2.24) is 4.72 Å². The Labute approximate surface area is 127 Å². The van der Waals surface area contributed by atoms with Crippen LogP contribution in [0.2, 0.25) is 0 Å². The highest BCUT2D eigenvalue weighted by atomic mass is 32.2. The molecule has 4 nitrogen and oxygen atoms in total. The first kappa shape index (κ1) is 16.2. The highest BCUT2D eigenvalue weighted by Crippen LogP contribution is 2.33. The smallest absolute Gasteiger partial charge is 0.233 e. The molecule has 116 valence electrons. The third-order valence-corrected chi connectivity index (χ3v) is 5.23. The van der Waals surface area contributed by atoms with Crippen LogP contribution in [0.15, 0.2) is 35.7 Å². The van der Waals surface area contributed by atoms with E-state index in [-0.39, 0.29) is 5.41 Å². The Morgan fingerprint density at radius 3 is 2.52 bits per heavy atom. The summed E-state index contributed by atoms with van der Waals surface area (Å²) in [6.45, 7) is 4.03. The van der Waals surface area contributed by atoms with Gasteiger partial charge < -0.3 is 4.74 Å². The molecule has 0 atom stereocenters. The van der Waals surface area contributed by atoms with E-state index >= 15 is 0 Å². The van der Waals surface area contributed by atoms with Crippen molar-refractivity contribution in [3.05, 3.63) is 41.3 Å². The molecule has 1 aromatic rings. The van der Waals surface area contributed by atoms with Gasteiger partial charge in [-0.15, -0.1) is 0 Å². The SMILES string of the molecule is CCC1(CNS(=O)(=O)C=Cc2ccccc2)CCOCC1. The topological polar surface area (TPSA) is 55.4 Å². The summed E-state index contributed by atoms with van der Waals surface area (Å²) in [6.07, 6.45) is 4.40. The van der Waals surface area contributed by atoms with Crippen LogP contribution in [-0.4, -0.2) is 28.2 Å². The summed E-state index contributed by atoms with van der Waals surface area (Å²) in [5.74, 6) is 0. The minimum atomic E-state index is -3.40. The molecule has 1 heterocycles. The number of hydrogen-bond donors (Lipinski definition) is 1. The highest BCUT2D eigenvalue weighted by molar-refractivity contribution is 7.92. The molecule has 1 N–H and O–H groups in total. The van der Waals surface area contributed by atoms with Crippen molar-refractivity contribution in [2.75, 3.05) is 19.8 Å². The first-order valence-corrected chi connectivity index (χ1v) is 8.90. The van der Waals surface area contributed by atoms with Crippen molar-refractivity contribution >= 4 is 16.1 Å². The average Bonchev–Trinajstić information content (AvgIpc) is 2.53. The summed E-state index contributed by atoms with van der Waals surface area (Å²) in [5.41, 5.74) is 0.908. The van der Waals surface area contributed by atoms with Crippen LogP contribution in [0.25, 0.3) is 6.08 Å². The Hall–Kier alpha value is -1.17. The highest BCUT2D eigenvalue weighted by Gasteiger charge is 2.31. The second-order valence-corrected chi connectivity index (χ2v) is 7.20. The van der Waals surface area contributed by atoms with E-state index in [0.29, 0.717) is 6.54 Å². The molecule has 1 aliphatic heterocycles. The summed E-state index contributed by atoms with van der Waals surface area (Å²) in [5, 5.41) is 1.24. The maximum atomic E-state index is 12.1. The summed E-state index contributed by atoms with van der Waals surface area (Å²) < 4.78 is 32.2. The van der Waals surface area contributed by atoms with Crippen LogP contribution in [0.3, 0.4) is 0 Å². The van der Waals surface area contributed by atoms with Crippen LogP contribution in [0, 0.1) is 5.41 Å². The number of ether oxygens (including phenoxy) is 1. The van der Waals surface area contributed by atoms with Gasteiger partial charge in [-0.05, 0) is 36.3 Å². The minimum absolute atomic E-state index is 0.0336. The zero-order valence-corrected chi connectivity index (χ0v) is 13.2.